The van der Waals surface area contributed by atoms with Crippen LogP contribution in [0, 0.1) is 5.82 Å². The number of benzene rings is 2. The first-order chi connectivity index (χ1) is 16.8. The predicted octanol–water partition coefficient (Wildman–Crippen LogP) is 3.12. The number of halogens is 3. The van der Waals surface area contributed by atoms with Crippen molar-refractivity contribution < 1.29 is 28.6 Å². The fourth-order valence-electron chi connectivity index (χ4n) is 3.50. The number of hydrogen-bond acceptors (Lipinski definition) is 6. The van der Waals surface area contributed by atoms with Crippen LogP contribution in [0.4, 0.5) is 4.39 Å². The van der Waals surface area contributed by atoms with Crippen LogP contribution in [0.3, 0.4) is 0 Å². The number of amides is 2. The Bertz CT molecular complexity index is 1090. The van der Waals surface area contributed by atoms with Crippen LogP contribution in [0.5, 0.6) is 11.5 Å². The van der Waals surface area contributed by atoms with Gasteiger partial charge < -0.3 is 30.5 Å². The number of fused-ring (bicyclic) bond motifs is 1. The van der Waals surface area contributed by atoms with Crippen LogP contribution < -0.4 is 25.4 Å². The zero-order valence-corrected chi connectivity index (χ0v) is 20.3. The number of carbonyl (C=O) groups excluding carboxylic acids is 2. The molecule has 0 saturated carbocycles. The van der Waals surface area contributed by atoms with Crippen LogP contribution in [-0.4, -0.2) is 49.3 Å². The highest BCUT2D eigenvalue weighted by Crippen LogP contribution is 2.36. The number of nitrogens with one attached hydrogen (secondary N) is 3. The maximum Gasteiger partial charge on any atom is 0.262 e. The minimum absolute atomic E-state index is 0.0404. The van der Waals surface area contributed by atoms with Gasteiger partial charge in [0.1, 0.15) is 17.3 Å². The lowest BCUT2D eigenvalue weighted by Gasteiger charge is -2.32. The lowest BCUT2D eigenvalue weighted by molar-refractivity contribution is -0.129. The summed E-state index contributed by atoms with van der Waals surface area (Å²) in [5.74, 6) is -0.708. The summed E-state index contributed by atoms with van der Waals surface area (Å²) in [5, 5.41) is 18.2. The van der Waals surface area contributed by atoms with E-state index in [2.05, 4.69) is 22.5 Å². The molecule has 2 aromatic carbocycles. The number of hydrogen-bond donors (Lipinski definition) is 4. The molecular formula is C24H26Cl2FN3O5. The van der Waals surface area contributed by atoms with Crippen molar-refractivity contribution in [2.75, 3.05) is 26.3 Å². The molecule has 1 heterocycles. The van der Waals surface area contributed by atoms with E-state index in [1.165, 1.54) is 12.1 Å². The normalized spacial score (nSPS) is 16.6. The zero-order valence-electron chi connectivity index (χ0n) is 18.8. The van der Waals surface area contributed by atoms with Crippen LogP contribution in [0.1, 0.15) is 24.4 Å². The number of carbonyl (C=O) groups is 2. The fourth-order valence-corrected chi connectivity index (χ4v) is 3.79. The van der Waals surface area contributed by atoms with Crippen molar-refractivity contribution in [1.29, 1.82) is 0 Å². The summed E-state index contributed by atoms with van der Waals surface area (Å²) in [6.45, 7) is 3.98. The molecule has 0 saturated heterocycles. The first kappa shape index (κ1) is 26.7. The maximum absolute atomic E-state index is 13.4. The van der Waals surface area contributed by atoms with Crippen molar-refractivity contribution in [3.05, 3.63) is 70.1 Å². The first-order valence-corrected chi connectivity index (χ1v) is 11.7. The number of aliphatic hydroxyl groups is 1. The second-order valence-corrected chi connectivity index (χ2v) is 8.66. The van der Waals surface area contributed by atoms with E-state index in [4.69, 9.17) is 37.8 Å². The van der Waals surface area contributed by atoms with Gasteiger partial charge in [0, 0.05) is 54.3 Å². The van der Waals surface area contributed by atoms with Gasteiger partial charge in [0.2, 0.25) is 0 Å². The van der Waals surface area contributed by atoms with Crippen LogP contribution in [0.15, 0.2) is 48.7 Å². The van der Waals surface area contributed by atoms with Gasteiger partial charge in [0.25, 0.3) is 11.8 Å². The standard InChI is InChI=1S/C24H26Cl2FN3O5/c1-14(30-23(32)13-34-16-3-4-18(26)19(27)11-16)6-7-29-24(33)22-12-20(28-8-9-31)17-10-15(25)2-5-21(17)35-22/h2-5,10-11,20,22,28,31H,1,6-9,12-13H2,(H,29,33)(H,30,32)/t20-,22-/m0/s1. The summed E-state index contributed by atoms with van der Waals surface area (Å²) in [6, 6.07) is 8.84. The van der Waals surface area contributed by atoms with Gasteiger partial charge >= 0.3 is 0 Å². The van der Waals surface area contributed by atoms with Crippen molar-refractivity contribution in [3.63, 3.8) is 0 Å². The van der Waals surface area contributed by atoms with Gasteiger partial charge in [-0.05, 0) is 30.3 Å². The smallest absolute Gasteiger partial charge is 0.262 e. The van der Waals surface area contributed by atoms with Crippen molar-refractivity contribution in [2.24, 2.45) is 0 Å². The molecule has 2 atom stereocenters. The van der Waals surface area contributed by atoms with Crippen molar-refractivity contribution in [2.45, 2.75) is 25.0 Å². The van der Waals surface area contributed by atoms with Gasteiger partial charge in [0.15, 0.2) is 12.7 Å². The molecule has 35 heavy (non-hydrogen) atoms. The van der Waals surface area contributed by atoms with Crippen molar-refractivity contribution >= 4 is 35.0 Å². The number of aliphatic hydroxyl groups excluding tert-OH is 1. The molecule has 2 amide bonds. The van der Waals surface area contributed by atoms with Crippen molar-refractivity contribution in [1.82, 2.24) is 16.0 Å². The molecule has 0 fully saturated rings. The summed E-state index contributed by atoms with van der Waals surface area (Å²) in [5.41, 5.74) is 1.21. The summed E-state index contributed by atoms with van der Waals surface area (Å²) < 4.78 is 24.5. The largest absolute Gasteiger partial charge is 0.484 e. The van der Waals surface area contributed by atoms with Gasteiger partial charge in [-0.3, -0.25) is 9.59 Å². The number of ether oxygens (including phenoxy) is 2. The summed E-state index contributed by atoms with van der Waals surface area (Å²) in [4.78, 5) is 24.7. The Labute approximate surface area is 212 Å². The quantitative estimate of drug-likeness (QED) is 0.359. The van der Waals surface area contributed by atoms with Gasteiger partial charge in [-0.25, -0.2) is 4.39 Å². The Morgan fingerprint density at radius 3 is 2.74 bits per heavy atom. The van der Waals surface area contributed by atoms with Crippen LogP contribution in [0.25, 0.3) is 0 Å². The average Bonchev–Trinajstić information content (AvgIpc) is 2.83. The molecule has 2 aromatic rings. The van der Waals surface area contributed by atoms with Gasteiger partial charge in [-0.15, -0.1) is 0 Å². The molecule has 0 spiro atoms. The van der Waals surface area contributed by atoms with E-state index >= 15 is 0 Å². The third kappa shape index (κ3) is 7.83. The Kier molecular flexibility index (Phi) is 9.73. The molecule has 8 nitrogen and oxygen atoms in total. The van der Waals surface area contributed by atoms with E-state index in [1.54, 1.807) is 18.2 Å². The topological polar surface area (TPSA) is 109 Å². The van der Waals surface area contributed by atoms with Gasteiger partial charge in [-0.1, -0.05) is 29.8 Å². The predicted molar refractivity (Wildman–Crippen MR) is 130 cm³/mol. The molecule has 0 bridgehead atoms. The number of rotatable bonds is 11. The highest BCUT2D eigenvalue weighted by molar-refractivity contribution is 6.31. The molecule has 1 aliphatic heterocycles. The molecule has 3 rings (SSSR count). The van der Waals surface area contributed by atoms with E-state index in [0.29, 0.717) is 29.4 Å². The average molecular weight is 526 g/mol. The molecule has 0 radical (unpaired) electrons. The van der Waals surface area contributed by atoms with E-state index in [0.717, 1.165) is 11.6 Å². The summed E-state index contributed by atoms with van der Waals surface area (Å²) in [6.07, 6.45) is -0.0895. The monoisotopic (exact) mass is 525 g/mol. The zero-order chi connectivity index (χ0) is 25.4. The second kappa shape index (κ2) is 12.7. The van der Waals surface area contributed by atoms with Crippen LogP contribution in [0.2, 0.25) is 10.0 Å². The molecule has 1 aliphatic rings. The maximum atomic E-state index is 13.4. The van der Waals surface area contributed by atoms with Crippen molar-refractivity contribution in [3.8, 4) is 11.5 Å². The molecule has 0 aromatic heterocycles. The van der Waals surface area contributed by atoms with E-state index in [-0.39, 0.29) is 48.9 Å². The third-order valence-electron chi connectivity index (χ3n) is 5.16. The molecular weight excluding hydrogens is 500 g/mol. The molecule has 11 heteroatoms. The highest BCUT2D eigenvalue weighted by Gasteiger charge is 2.32. The Morgan fingerprint density at radius 1 is 1.20 bits per heavy atom. The Hall–Kier alpha value is -2.85. The first-order valence-electron chi connectivity index (χ1n) is 10.9. The van der Waals surface area contributed by atoms with Gasteiger partial charge in [-0.2, -0.15) is 0 Å². The van der Waals surface area contributed by atoms with E-state index < -0.39 is 17.8 Å². The van der Waals surface area contributed by atoms with E-state index in [9.17, 15) is 14.0 Å². The third-order valence-corrected chi connectivity index (χ3v) is 5.71. The SMILES string of the molecule is C=C(CCNC(=O)[C@@H]1C[C@H](NCCO)c2cc(Cl)ccc2O1)NC(=O)COc1ccc(Cl)c(F)c1. The van der Waals surface area contributed by atoms with Crippen LogP contribution >= 0.6 is 23.2 Å². The van der Waals surface area contributed by atoms with Crippen LogP contribution in [-0.2, 0) is 9.59 Å². The molecule has 4 N–H and O–H groups in total. The second-order valence-electron chi connectivity index (χ2n) is 7.81. The van der Waals surface area contributed by atoms with Gasteiger partial charge in [0.05, 0.1) is 11.6 Å². The lowest BCUT2D eigenvalue weighted by atomic mass is 9.96. The Morgan fingerprint density at radius 2 is 2.00 bits per heavy atom. The fraction of sp³-hybridized carbons (Fsp3) is 0.333. The summed E-state index contributed by atoms with van der Waals surface area (Å²) >= 11 is 11.7. The minimum Gasteiger partial charge on any atom is -0.484 e. The molecule has 188 valence electrons. The lowest BCUT2D eigenvalue weighted by Crippen LogP contribution is -2.44. The van der Waals surface area contributed by atoms with E-state index in [1.807, 2.05) is 0 Å². The molecule has 0 aliphatic carbocycles. The summed E-state index contributed by atoms with van der Waals surface area (Å²) in [7, 11) is 0. The highest BCUT2D eigenvalue weighted by atomic mass is 35.5. The minimum atomic E-state index is -0.740. The Balaban J connectivity index is 1.43. The molecule has 0 unspecified atom stereocenters.